The molecule has 2 aliphatic rings. The van der Waals surface area contributed by atoms with Gasteiger partial charge < -0.3 is 9.30 Å². The number of hydrogen-bond acceptors (Lipinski definition) is 3. The number of carbonyl (C=O) groups is 1. The maximum atomic E-state index is 12.5. The number of rotatable bonds is 4. The first-order valence-electron chi connectivity index (χ1n) is 11.0. The molecule has 0 aliphatic carbocycles. The highest BCUT2D eigenvalue weighted by molar-refractivity contribution is 6.35. The zero-order valence-corrected chi connectivity index (χ0v) is 18.8. The molecule has 3 heterocycles. The Morgan fingerprint density at radius 2 is 1.81 bits per heavy atom. The van der Waals surface area contributed by atoms with Crippen molar-refractivity contribution in [2.24, 2.45) is 0 Å². The van der Waals surface area contributed by atoms with Crippen LogP contribution in [-0.2, 0) is 11.3 Å². The van der Waals surface area contributed by atoms with Gasteiger partial charge in [-0.2, -0.15) is 0 Å². The van der Waals surface area contributed by atoms with E-state index in [0.717, 1.165) is 48.7 Å². The van der Waals surface area contributed by atoms with Crippen molar-refractivity contribution in [3.05, 3.63) is 65.3 Å². The largest absolute Gasteiger partial charge is 0.441 e. The maximum absolute atomic E-state index is 12.5. The Morgan fingerprint density at radius 3 is 2.52 bits per heavy atom. The molecule has 1 spiro atoms. The molecule has 0 saturated carbocycles. The fourth-order valence-corrected chi connectivity index (χ4v) is 5.18. The molecule has 2 saturated heterocycles. The van der Waals surface area contributed by atoms with Crippen LogP contribution in [-0.4, -0.2) is 40.8 Å². The summed E-state index contributed by atoms with van der Waals surface area (Å²) in [5.41, 5.74) is 2.94. The number of anilines is 1. The lowest BCUT2D eigenvalue weighted by molar-refractivity contribution is -0.000879. The van der Waals surface area contributed by atoms with Crippen molar-refractivity contribution in [1.29, 1.82) is 0 Å². The Labute approximate surface area is 188 Å². The molecule has 2 aromatic carbocycles. The Hall–Kier alpha value is -2.50. The summed E-state index contributed by atoms with van der Waals surface area (Å²) in [5, 5.41) is 2.03. The summed E-state index contributed by atoms with van der Waals surface area (Å²) in [6, 6.07) is 16.5. The average molecular weight is 438 g/mol. The van der Waals surface area contributed by atoms with E-state index in [1.54, 1.807) is 4.90 Å². The first-order chi connectivity index (χ1) is 15.0. The minimum atomic E-state index is -0.375. The third-order valence-corrected chi connectivity index (χ3v) is 6.98. The summed E-state index contributed by atoms with van der Waals surface area (Å²) < 4.78 is 8.15. The van der Waals surface area contributed by atoms with Crippen LogP contribution in [0.4, 0.5) is 10.5 Å². The van der Waals surface area contributed by atoms with Crippen molar-refractivity contribution >= 4 is 34.3 Å². The van der Waals surface area contributed by atoms with Gasteiger partial charge in [0.05, 0.1) is 17.1 Å². The number of nitrogens with zero attached hydrogens (tertiary/aromatic N) is 3. The van der Waals surface area contributed by atoms with Crippen LogP contribution >= 0.6 is 11.6 Å². The monoisotopic (exact) mass is 437 g/mol. The molecule has 5 nitrogen and oxygen atoms in total. The van der Waals surface area contributed by atoms with E-state index >= 15 is 0 Å². The number of aromatic nitrogens is 1. The summed E-state index contributed by atoms with van der Waals surface area (Å²) >= 11 is 6.53. The molecule has 0 unspecified atom stereocenters. The van der Waals surface area contributed by atoms with Gasteiger partial charge in [0.25, 0.3) is 0 Å². The fourth-order valence-electron chi connectivity index (χ4n) is 4.92. The summed E-state index contributed by atoms with van der Waals surface area (Å²) in [5.74, 6) is 0. The number of piperidine rings is 1. The number of carbonyl (C=O) groups excluding carboxylic acids is 1. The van der Waals surface area contributed by atoms with E-state index < -0.39 is 0 Å². The molecule has 162 valence electrons. The summed E-state index contributed by atoms with van der Waals surface area (Å²) in [6.07, 6.45) is 3.61. The van der Waals surface area contributed by atoms with Crippen LogP contribution in [0.2, 0.25) is 5.02 Å². The molecule has 1 aromatic heterocycles. The smallest absolute Gasteiger partial charge is 0.415 e. The molecule has 2 fully saturated rings. The van der Waals surface area contributed by atoms with Gasteiger partial charge in [0.1, 0.15) is 5.60 Å². The van der Waals surface area contributed by atoms with Crippen molar-refractivity contribution in [1.82, 2.24) is 9.47 Å². The second-order valence-electron chi connectivity index (χ2n) is 9.03. The van der Waals surface area contributed by atoms with E-state index in [1.165, 1.54) is 10.9 Å². The number of fused-ring (bicyclic) bond motifs is 1. The maximum Gasteiger partial charge on any atom is 0.415 e. The first-order valence-corrected chi connectivity index (χ1v) is 11.4. The molecule has 0 atom stereocenters. The molecule has 0 bridgehead atoms. The molecule has 5 rings (SSSR count). The highest BCUT2D eigenvalue weighted by Gasteiger charge is 2.47. The number of ether oxygens (including phenoxy) is 1. The lowest BCUT2D eigenvalue weighted by atomic mass is 9.91. The molecule has 31 heavy (non-hydrogen) atoms. The highest BCUT2D eigenvalue weighted by atomic mass is 35.5. The molecule has 6 heteroatoms. The summed E-state index contributed by atoms with van der Waals surface area (Å²) in [4.78, 5) is 16.8. The average Bonchev–Trinajstić information content (AvgIpc) is 3.35. The normalized spacial score (nSPS) is 19.0. The van der Waals surface area contributed by atoms with Gasteiger partial charge in [0.2, 0.25) is 0 Å². The van der Waals surface area contributed by atoms with Crippen LogP contribution in [0.15, 0.2) is 54.7 Å². The number of amides is 1. The molecular weight excluding hydrogens is 410 g/mol. The third kappa shape index (κ3) is 3.70. The molecule has 0 N–H and O–H groups in total. The molecule has 2 aliphatic heterocycles. The number of benzene rings is 2. The predicted molar refractivity (Wildman–Crippen MR) is 125 cm³/mol. The van der Waals surface area contributed by atoms with Gasteiger partial charge in [-0.3, -0.25) is 9.80 Å². The molecule has 3 aromatic rings. The minimum absolute atomic E-state index is 0.228. The van der Waals surface area contributed by atoms with Crippen LogP contribution in [0.3, 0.4) is 0 Å². The van der Waals surface area contributed by atoms with Gasteiger partial charge in [-0.15, -0.1) is 0 Å². The van der Waals surface area contributed by atoms with E-state index in [1.807, 2.05) is 36.4 Å². The molecular formula is C25H28ClN3O2. The van der Waals surface area contributed by atoms with Gasteiger partial charge in [-0.25, -0.2) is 4.79 Å². The summed E-state index contributed by atoms with van der Waals surface area (Å²) in [7, 11) is 0. The Balaban J connectivity index is 1.29. The predicted octanol–water partition coefficient (Wildman–Crippen LogP) is 5.87. The van der Waals surface area contributed by atoms with Crippen LogP contribution in [0, 0.1) is 0 Å². The van der Waals surface area contributed by atoms with Gasteiger partial charge in [0, 0.05) is 55.8 Å². The minimum Gasteiger partial charge on any atom is -0.441 e. The topological polar surface area (TPSA) is 37.7 Å². The standard InChI is InChI=1S/C25H28ClN3O2/c1-18(2)28-13-10-21-19(8-9-22(26)23(21)28)16-27-14-11-25(12-15-27)17-29(24(30)31-25)20-6-4-3-5-7-20/h3-10,13,18H,11-12,14-17H2,1-2H3. The Morgan fingerprint density at radius 1 is 1.06 bits per heavy atom. The van der Waals surface area contributed by atoms with Gasteiger partial charge in [-0.1, -0.05) is 35.9 Å². The van der Waals surface area contributed by atoms with Crippen molar-refractivity contribution < 1.29 is 9.53 Å². The SMILES string of the molecule is CC(C)n1ccc2c(CN3CCC4(CC3)CN(c3ccccc3)C(=O)O4)ccc(Cl)c21. The second kappa shape index (κ2) is 7.88. The van der Waals surface area contributed by atoms with E-state index in [4.69, 9.17) is 16.3 Å². The van der Waals surface area contributed by atoms with Crippen LogP contribution < -0.4 is 4.90 Å². The summed E-state index contributed by atoms with van der Waals surface area (Å²) in [6.45, 7) is 7.67. The molecule has 0 radical (unpaired) electrons. The van der Waals surface area contributed by atoms with Crippen molar-refractivity contribution in [2.75, 3.05) is 24.5 Å². The van der Waals surface area contributed by atoms with Crippen LogP contribution in [0.5, 0.6) is 0 Å². The van der Waals surface area contributed by atoms with Gasteiger partial charge in [-0.05, 0) is 43.7 Å². The Bertz CT molecular complexity index is 1100. The number of hydrogen-bond donors (Lipinski definition) is 0. The van der Waals surface area contributed by atoms with E-state index in [-0.39, 0.29) is 11.7 Å². The molecule has 1 amide bonds. The van der Waals surface area contributed by atoms with E-state index in [9.17, 15) is 4.79 Å². The second-order valence-corrected chi connectivity index (χ2v) is 9.44. The number of halogens is 1. The Kier molecular flexibility index (Phi) is 5.19. The van der Waals surface area contributed by atoms with Crippen LogP contribution in [0.25, 0.3) is 10.9 Å². The lowest BCUT2D eigenvalue weighted by Gasteiger charge is -2.37. The number of para-hydroxylation sites is 1. The van der Waals surface area contributed by atoms with Crippen molar-refractivity contribution in [3.8, 4) is 0 Å². The highest BCUT2D eigenvalue weighted by Crippen LogP contribution is 2.37. The van der Waals surface area contributed by atoms with Gasteiger partial charge >= 0.3 is 6.09 Å². The zero-order chi connectivity index (χ0) is 21.6. The quantitative estimate of drug-likeness (QED) is 0.512. The first kappa shape index (κ1) is 20.4. The van der Waals surface area contributed by atoms with Gasteiger partial charge in [0.15, 0.2) is 0 Å². The third-order valence-electron chi connectivity index (χ3n) is 6.67. The zero-order valence-electron chi connectivity index (χ0n) is 18.1. The lowest BCUT2D eigenvalue weighted by Crippen LogP contribution is -2.46. The van der Waals surface area contributed by atoms with E-state index in [2.05, 4.69) is 41.6 Å². The van der Waals surface area contributed by atoms with Crippen LogP contribution in [0.1, 0.15) is 38.3 Å². The fraction of sp³-hybridized carbons (Fsp3) is 0.400. The van der Waals surface area contributed by atoms with Crippen molar-refractivity contribution in [2.45, 2.75) is 44.9 Å². The van der Waals surface area contributed by atoms with E-state index in [0.29, 0.717) is 12.6 Å². The van der Waals surface area contributed by atoms with Crippen molar-refractivity contribution in [3.63, 3.8) is 0 Å². The number of likely N-dealkylation sites (tertiary alicyclic amines) is 1.